The van der Waals surface area contributed by atoms with Gasteiger partial charge >= 0.3 is 0 Å². The lowest BCUT2D eigenvalue weighted by Gasteiger charge is -2.57. The molecule has 1 amide bonds. The minimum absolute atomic E-state index is 0.0622. The van der Waals surface area contributed by atoms with Crippen molar-refractivity contribution in [3.05, 3.63) is 11.6 Å². The van der Waals surface area contributed by atoms with Crippen LogP contribution in [0.2, 0.25) is 0 Å². The van der Waals surface area contributed by atoms with Crippen molar-refractivity contribution in [2.24, 2.45) is 5.41 Å². The standard InChI is InChI=1S/C14H25NO3/c1-6-10(3)12(16)15-9-14(17)8-11(18-7-2)13(14,4)5/h6,11,17H,7-9H2,1-5H3,(H,15,16)/b10-6+/t11-,14-/m1/s1. The number of allylic oxidation sites excluding steroid dienone is 1. The van der Waals surface area contributed by atoms with Crippen LogP contribution in [0.1, 0.15) is 41.0 Å². The largest absolute Gasteiger partial charge is 0.387 e. The highest BCUT2D eigenvalue weighted by Crippen LogP contribution is 2.50. The minimum atomic E-state index is -0.878. The predicted octanol–water partition coefficient (Wildman–Crippen LogP) is 1.63. The fourth-order valence-electron chi connectivity index (χ4n) is 2.26. The summed E-state index contributed by atoms with van der Waals surface area (Å²) < 4.78 is 5.58. The van der Waals surface area contributed by atoms with Crippen molar-refractivity contribution in [2.45, 2.75) is 52.7 Å². The highest BCUT2D eigenvalue weighted by atomic mass is 16.5. The van der Waals surface area contributed by atoms with Gasteiger partial charge in [0.1, 0.15) is 0 Å². The zero-order valence-corrected chi connectivity index (χ0v) is 12.0. The van der Waals surface area contributed by atoms with E-state index < -0.39 is 5.60 Å². The van der Waals surface area contributed by atoms with Crippen LogP contribution in [-0.2, 0) is 9.53 Å². The van der Waals surface area contributed by atoms with Crippen molar-refractivity contribution >= 4 is 5.91 Å². The third-order valence-corrected chi connectivity index (χ3v) is 4.23. The Labute approximate surface area is 109 Å². The van der Waals surface area contributed by atoms with Gasteiger partial charge in [-0.3, -0.25) is 4.79 Å². The van der Waals surface area contributed by atoms with Gasteiger partial charge in [0.25, 0.3) is 0 Å². The molecule has 0 radical (unpaired) electrons. The van der Waals surface area contributed by atoms with Crippen LogP contribution >= 0.6 is 0 Å². The van der Waals surface area contributed by atoms with Gasteiger partial charge in [-0.05, 0) is 20.8 Å². The van der Waals surface area contributed by atoms with Gasteiger partial charge < -0.3 is 15.2 Å². The lowest BCUT2D eigenvalue weighted by molar-refractivity contribution is -0.238. The predicted molar refractivity (Wildman–Crippen MR) is 71.2 cm³/mol. The van der Waals surface area contributed by atoms with Gasteiger partial charge in [0.15, 0.2) is 0 Å². The van der Waals surface area contributed by atoms with Crippen LogP contribution in [0.25, 0.3) is 0 Å². The number of nitrogens with one attached hydrogen (secondary N) is 1. The first-order valence-corrected chi connectivity index (χ1v) is 6.53. The van der Waals surface area contributed by atoms with Gasteiger partial charge in [0, 0.05) is 30.6 Å². The van der Waals surface area contributed by atoms with Crippen molar-refractivity contribution in [1.82, 2.24) is 5.32 Å². The van der Waals surface area contributed by atoms with Crippen molar-refractivity contribution in [2.75, 3.05) is 13.2 Å². The Morgan fingerprint density at radius 2 is 2.17 bits per heavy atom. The number of carbonyl (C=O) groups excluding carboxylic acids is 1. The number of hydrogen-bond acceptors (Lipinski definition) is 3. The molecule has 18 heavy (non-hydrogen) atoms. The van der Waals surface area contributed by atoms with E-state index in [9.17, 15) is 9.90 Å². The van der Waals surface area contributed by atoms with E-state index in [-0.39, 0.29) is 24.0 Å². The number of rotatable bonds is 5. The first kappa shape index (κ1) is 15.2. The van der Waals surface area contributed by atoms with Gasteiger partial charge in [0.2, 0.25) is 5.91 Å². The molecule has 0 aromatic rings. The van der Waals surface area contributed by atoms with E-state index >= 15 is 0 Å². The molecule has 0 saturated heterocycles. The average Bonchev–Trinajstić information content (AvgIpc) is 2.34. The number of carbonyl (C=O) groups is 1. The molecular formula is C14H25NO3. The third kappa shape index (κ3) is 2.59. The van der Waals surface area contributed by atoms with Crippen LogP contribution < -0.4 is 5.32 Å². The second-order valence-corrected chi connectivity index (χ2v) is 5.56. The second kappa shape index (κ2) is 5.41. The van der Waals surface area contributed by atoms with E-state index in [1.807, 2.05) is 27.7 Å². The zero-order chi connectivity index (χ0) is 14.0. The normalized spacial score (nSPS) is 30.8. The lowest BCUT2D eigenvalue weighted by atomic mass is 9.56. The number of aliphatic hydroxyl groups is 1. The third-order valence-electron chi connectivity index (χ3n) is 4.23. The van der Waals surface area contributed by atoms with Crippen LogP contribution in [0.3, 0.4) is 0 Å². The molecule has 4 heteroatoms. The Morgan fingerprint density at radius 1 is 1.56 bits per heavy atom. The molecule has 1 aliphatic rings. The summed E-state index contributed by atoms with van der Waals surface area (Å²) >= 11 is 0. The summed E-state index contributed by atoms with van der Waals surface area (Å²) in [6.07, 6.45) is 2.39. The van der Waals surface area contributed by atoms with Gasteiger partial charge in [-0.25, -0.2) is 0 Å². The Morgan fingerprint density at radius 3 is 2.61 bits per heavy atom. The summed E-state index contributed by atoms with van der Waals surface area (Å²) in [6, 6.07) is 0. The van der Waals surface area contributed by atoms with Gasteiger partial charge in [-0.1, -0.05) is 19.9 Å². The number of ether oxygens (including phenoxy) is 1. The fourth-order valence-corrected chi connectivity index (χ4v) is 2.26. The van der Waals surface area contributed by atoms with Crippen molar-refractivity contribution in [1.29, 1.82) is 0 Å². The average molecular weight is 255 g/mol. The molecule has 1 saturated carbocycles. The van der Waals surface area contributed by atoms with E-state index in [0.717, 1.165) is 0 Å². The highest BCUT2D eigenvalue weighted by Gasteiger charge is 2.59. The van der Waals surface area contributed by atoms with Crippen LogP contribution in [0.4, 0.5) is 0 Å². The van der Waals surface area contributed by atoms with Crippen molar-refractivity contribution in [3.8, 4) is 0 Å². The molecule has 0 aromatic carbocycles. The molecule has 2 atom stereocenters. The molecule has 1 aliphatic carbocycles. The molecule has 0 spiro atoms. The SMILES string of the molecule is C/C=C(\C)C(=O)NC[C@]1(O)C[C@@H](OCC)C1(C)C. The van der Waals surface area contributed by atoms with E-state index in [2.05, 4.69) is 5.32 Å². The summed E-state index contributed by atoms with van der Waals surface area (Å²) in [5.74, 6) is -0.124. The Hall–Kier alpha value is -0.870. The topological polar surface area (TPSA) is 58.6 Å². The van der Waals surface area contributed by atoms with Crippen molar-refractivity contribution in [3.63, 3.8) is 0 Å². The maximum atomic E-state index is 11.7. The van der Waals surface area contributed by atoms with E-state index in [1.54, 1.807) is 13.0 Å². The minimum Gasteiger partial charge on any atom is -0.387 e. The summed E-state index contributed by atoms with van der Waals surface area (Å²) in [5.41, 5.74) is -0.548. The molecule has 0 bridgehead atoms. The highest BCUT2D eigenvalue weighted by molar-refractivity contribution is 5.92. The van der Waals surface area contributed by atoms with E-state index in [4.69, 9.17) is 4.74 Å². The van der Waals surface area contributed by atoms with E-state index in [0.29, 0.717) is 18.6 Å². The molecule has 0 heterocycles. The zero-order valence-electron chi connectivity index (χ0n) is 12.0. The second-order valence-electron chi connectivity index (χ2n) is 5.56. The first-order valence-electron chi connectivity index (χ1n) is 6.53. The first-order chi connectivity index (χ1) is 8.28. The maximum Gasteiger partial charge on any atom is 0.246 e. The number of amides is 1. The number of hydrogen-bond donors (Lipinski definition) is 2. The molecule has 2 N–H and O–H groups in total. The monoisotopic (exact) mass is 255 g/mol. The van der Waals surface area contributed by atoms with Crippen LogP contribution in [0, 0.1) is 5.41 Å². The molecule has 0 aromatic heterocycles. The Balaban J connectivity index is 2.56. The maximum absolute atomic E-state index is 11.7. The smallest absolute Gasteiger partial charge is 0.246 e. The molecule has 104 valence electrons. The van der Waals surface area contributed by atoms with E-state index in [1.165, 1.54) is 0 Å². The van der Waals surface area contributed by atoms with Crippen molar-refractivity contribution < 1.29 is 14.6 Å². The Bertz CT molecular complexity index is 349. The molecule has 4 nitrogen and oxygen atoms in total. The molecular weight excluding hydrogens is 230 g/mol. The molecule has 1 rings (SSSR count). The molecule has 0 aliphatic heterocycles. The Kier molecular flexibility index (Phi) is 4.56. The molecule has 0 unspecified atom stereocenters. The van der Waals surface area contributed by atoms with Gasteiger partial charge in [-0.15, -0.1) is 0 Å². The van der Waals surface area contributed by atoms with Crippen LogP contribution in [0.15, 0.2) is 11.6 Å². The summed E-state index contributed by atoms with van der Waals surface area (Å²) in [6.45, 7) is 10.4. The van der Waals surface area contributed by atoms with Gasteiger partial charge in [-0.2, -0.15) is 0 Å². The summed E-state index contributed by atoms with van der Waals surface area (Å²) in [7, 11) is 0. The fraction of sp³-hybridized carbons (Fsp3) is 0.786. The lowest BCUT2D eigenvalue weighted by Crippen LogP contribution is -2.68. The summed E-state index contributed by atoms with van der Waals surface area (Å²) in [4.78, 5) is 11.7. The quantitative estimate of drug-likeness (QED) is 0.734. The summed E-state index contributed by atoms with van der Waals surface area (Å²) in [5, 5.41) is 13.3. The van der Waals surface area contributed by atoms with Gasteiger partial charge in [0.05, 0.1) is 11.7 Å². The van der Waals surface area contributed by atoms with Crippen LogP contribution in [-0.4, -0.2) is 35.9 Å². The van der Waals surface area contributed by atoms with Crippen LogP contribution in [0.5, 0.6) is 0 Å². The molecule has 1 fully saturated rings.